The zero-order valence-corrected chi connectivity index (χ0v) is 21.0. The number of rotatable bonds is 8. The number of methoxy groups -OCH3 is 1. The molecule has 1 aliphatic rings. The van der Waals surface area contributed by atoms with Crippen molar-refractivity contribution in [3.63, 3.8) is 0 Å². The van der Waals surface area contributed by atoms with Crippen LogP contribution in [0.5, 0.6) is 5.75 Å². The van der Waals surface area contributed by atoms with E-state index in [2.05, 4.69) is 9.97 Å². The van der Waals surface area contributed by atoms with E-state index >= 15 is 0 Å². The van der Waals surface area contributed by atoms with Crippen LogP contribution in [0.2, 0.25) is 0 Å². The number of aromatic nitrogens is 2. The molecule has 9 heteroatoms. The number of ether oxygens (including phenoxy) is 2. The van der Waals surface area contributed by atoms with E-state index in [0.717, 1.165) is 11.1 Å². The molecule has 188 valence electrons. The van der Waals surface area contributed by atoms with Gasteiger partial charge in [-0.1, -0.05) is 29.8 Å². The molecule has 3 rings (SSSR count). The highest BCUT2D eigenvalue weighted by molar-refractivity contribution is 5.98. The standard InChI is InChI=1S/C26H33N3O6/c1-16-8-10-17(11-9-16)15-18(30)12-13-20(31)21-22(34-5)24(32)28-23(27-21)19-7-6-14-29(19)25(33)35-26(2,3)4/h8-11,19H,6-7,12-15H2,1-5H3,(H,27,28,32)/t19-/m1/s1. The molecular weight excluding hydrogens is 450 g/mol. The summed E-state index contributed by atoms with van der Waals surface area (Å²) < 4.78 is 10.6. The lowest BCUT2D eigenvalue weighted by Gasteiger charge is -2.28. The second kappa shape index (κ2) is 10.8. The van der Waals surface area contributed by atoms with Crippen molar-refractivity contribution in [2.45, 2.75) is 71.4 Å². The number of aromatic amines is 1. The highest BCUT2D eigenvalue weighted by Gasteiger charge is 2.35. The second-order valence-electron chi connectivity index (χ2n) is 9.79. The Bertz CT molecular complexity index is 1150. The van der Waals surface area contributed by atoms with Crippen molar-refractivity contribution in [1.29, 1.82) is 0 Å². The van der Waals surface area contributed by atoms with Crippen molar-refractivity contribution < 1.29 is 23.9 Å². The van der Waals surface area contributed by atoms with Gasteiger partial charge in [-0.3, -0.25) is 19.3 Å². The van der Waals surface area contributed by atoms with Gasteiger partial charge < -0.3 is 14.5 Å². The van der Waals surface area contributed by atoms with Crippen molar-refractivity contribution in [1.82, 2.24) is 14.9 Å². The maximum Gasteiger partial charge on any atom is 0.410 e. The number of nitrogens with zero attached hydrogens (tertiary/aromatic N) is 2. The van der Waals surface area contributed by atoms with Crippen LogP contribution in [0.1, 0.15) is 79.9 Å². The largest absolute Gasteiger partial charge is 0.489 e. The van der Waals surface area contributed by atoms with Gasteiger partial charge in [0.25, 0.3) is 5.56 Å². The Kier molecular flexibility index (Phi) is 8.09. The first-order valence-corrected chi connectivity index (χ1v) is 11.8. The van der Waals surface area contributed by atoms with E-state index in [1.807, 2.05) is 31.2 Å². The Morgan fingerprint density at radius 1 is 1.14 bits per heavy atom. The van der Waals surface area contributed by atoms with E-state index in [0.29, 0.717) is 19.4 Å². The lowest BCUT2D eigenvalue weighted by Crippen LogP contribution is -2.37. The van der Waals surface area contributed by atoms with Gasteiger partial charge in [0.1, 0.15) is 17.2 Å². The lowest BCUT2D eigenvalue weighted by molar-refractivity contribution is -0.118. The predicted molar refractivity (Wildman–Crippen MR) is 130 cm³/mol. The Balaban J connectivity index is 1.76. The topological polar surface area (TPSA) is 119 Å². The molecule has 1 saturated heterocycles. The Morgan fingerprint density at radius 2 is 1.83 bits per heavy atom. The van der Waals surface area contributed by atoms with Crippen LogP contribution in [-0.4, -0.2) is 51.8 Å². The average molecular weight is 484 g/mol. The molecule has 0 unspecified atom stereocenters. The Hall–Kier alpha value is -3.49. The van der Waals surface area contributed by atoms with Gasteiger partial charge in [0, 0.05) is 25.8 Å². The van der Waals surface area contributed by atoms with Crippen LogP contribution < -0.4 is 10.3 Å². The maximum atomic E-state index is 13.0. The first-order chi connectivity index (χ1) is 16.5. The first-order valence-electron chi connectivity index (χ1n) is 11.8. The van der Waals surface area contributed by atoms with Crippen LogP contribution in [0, 0.1) is 6.92 Å². The fraction of sp³-hybridized carbons (Fsp3) is 0.500. The molecular formula is C26H33N3O6. The monoisotopic (exact) mass is 483 g/mol. The number of likely N-dealkylation sites (tertiary alicyclic amines) is 1. The number of carbonyl (C=O) groups is 3. The van der Waals surface area contributed by atoms with Crippen LogP contribution in [0.25, 0.3) is 0 Å². The van der Waals surface area contributed by atoms with Gasteiger partial charge in [-0.25, -0.2) is 9.78 Å². The third-order valence-electron chi connectivity index (χ3n) is 5.71. The van der Waals surface area contributed by atoms with Gasteiger partial charge >= 0.3 is 6.09 Å². The molecule has 9 nitrogen and oxygen atoms in total. The lowest BCUT2D eigenvalue weighted by atomic mass is 10.0. The fourth-order valence-corrected chi connectivity index (χ4v) is 4.00. The van der Waals surface area contributed by atoms with Gasteiger partial charge in [0.05, 0.1) is 13.2 Å². The smallest absolute Gasteiger partial charge is 0.410 e. The van der Waals surface area contributed by atoms with Gasteiger partial charge in [-0.05, 0) is 46.1 Å². The average Bonchev–Trinajstić information content (AvgIpc) is 3.27. The van der Waals surface area contributed by atoms with Crippen LogP contribution in [0.3, 0.4) is 0 Å². The SMILES string of the molecule is COc1c(C(=O)CCC(=O)Cc2ccc(C)cc2)nc([C@H]2CCCN2C(=O)OC(C)(C)C)[nH]c1=O. The summed E-state index contributed by atoms with van der Waals surface area (Å²) in [5.41, 5.74) is 0.572. The van der Waals surface area contributed by atoms with E-state index in [-0.39, 0.29) is 42.3 Å². The molecule has 0 saturated carbocycles. The molecule has 1 fully saturated rings. The number of nitrogens with one attached hydrogen (secondary N) is 1. The summed E-state index contributed by atoms with van der Waals surface area (Å²) in [4.78, 5) is 59.4. The van der Waals surface area contributed by atoms with E-state index in [1.165, 1.54) is 12.0 Å². The third kappa shape index (κ3) is 6.77. The van der Waals surface area contributed by atoms with Crippen molar-refractivity contribution >= 4 is 17.7 Å². The summed E-state index contributed by atoms with van der Waals surface area (Å²) in [5, 5.41) is 0. The molecule has 0 aliphatic carbocycles. The number of ketones is 2. The Labute approximate surface area is 204 Å². The predicted octanol–water partition coefficient (Wildman–Crippen LogP) is 3.93. The number of benzene rings is 1. The van der Waals surface area contributed by atoms with Crippen molar-refractivity contribution in [3.8, 4) is 5.75 Å². The van der Waals surface area contributed by atoms with E-state index in [9.17, 15) is 19.2 Å². The van der Waals surface area contributed by atoms with Gasteiger partial charge in [-0.15, -0.1) is 0 Å². The van der Waals surface area contributed by atoms with E-state index < -0.39 is 29.1 Å². The summed E-state index contributed by atoms with van der Waals surface area (Å²) in [6.07, 6.45) is 0.914. The molecule has 1 N–H and O–H groups in total. The number of Topliss-reactive ketones (excluding diaryl/α,β-unsaturated/α-hetero) is 2. The van der Waals surface area contributed by atoms with Crippen LogP contribution in [0.4, 0.5) is 4.79 Å². The molecule has 1 aromatic carbocycles. The number of hydrogen-bond donors (Lipinski definition) is 1. The molecule has 0 spiro atoms. The zero-order valence-electron chi connectivity index (χ0n) is 21.0. The summed E-state index contributed by atoms with van der Waals surface area (Å²) in [6.45, 7) is 7.76. The molecule has 1 atom stereocenters. The number of amides is 1. The molecule has 35 heavy (non-hydrogen) atoms. The summed E-state index contributed by atoms with van der Waals surface area (Å²) in [6, 6.07) is 7.12. The van der Waals surface area contributed by atoms with Crippen molar-refractivity contribution in [2.24, 2.45) is 0 Å². The van der Waals surface area contributed by atoms with Gasteiger partial charge in [0.2, 0.25) is 5.75 Å². The number of H-pyrrole nitrogens is 1. The van der Waals surface area contributed by atoms with Crippen LogP contribution in [0.15, 0.2) is 29.1 Å². The second-order valence-corrected chi connectivity index (χ2v) is 9.79. The highest BCUT2D eigenvalue weighted by atomic mass is 16.6. The molecule has 0 radical (unpaired) electrons. The molecule has 2 heterocycles. The van der Waals surface area contributed by atoms with Crippen molar-refractivity contribution in [3.05, 3.63) is 57.3 Å². The minimum absolute atomic E-state index is 0.0210. The third-order valence-corrected chi connectivity index (χ3v) is 5.71. The molecule has 2 aromatic rings. The quantitative estimate of drug-likeness (QED) is 0.565. The number of carbonyl (C=O) groups excluding carboxylic acids is 3. The van der Waals surface area contributed by atoms with E-state index in [4.69, 9.17) is 9.47 Å². The summed E-state index contributed by atoms with van der Waals surface area (Å²) >= 11 is 0. The summed E-state index contributed by atoms with van der Waals surface area (Å²) in [7, 11) is 1.29. The Morgan fingerprint density at radius 3 is 2.46 bits per heavy atom. The maximum absolute atomic E-state index is 13.0. The first kappa shape index (κ1) is 26.1. The summed E-state index contributed by atoms with van der Waals surface area (Å²) in [5.74, 6) is -0.550. The number of aryl methyl sites for hydroxylation is 1. The van der Waals surface area contributed by atoms with Crippen molar-refractivity contribution in [2.75, 3.05) is 13.7 Å². The number of hydrogen-bond acceptors (Lipinski definition) is 7. The molecule has 1 amide bonds. The minimum atomic E-state index is -0.669. The molecule has 1 aromatic heterocycles. The van der Waals surface area contributed by atoms with Crippen LogP contribution >= 0.6 is 0 Å². The normalized spacial score (nSPS) is 15.7. The minimum Gasteiger partial charge on any atom is -0.489 e. The fourth-order valence-electron chi connectivity index (χ4n) is 4.00. The molecule has 0 bridgehead atoms. The highest BCUT2D eigenvalue weighted by Crippen LogP contribution is 2.31. The van der Waals surface area contributed by atoms with E-state index in [1.54, 1.807) is 20.8 Å². The van der Waals surface area contributed by atoms with Gasteiger partial charge in [0.15, 0.2) is 11.5 Å². The van der Waals surface area contributed by atoms with Crippen LogP contribution in [-0.2, 0) is 16.0 Å². The zero-order chi connectivity index (χ0) is 25.8. The van der Waals surface area contributed by atoms with Gasteiger partial charge in [-0.2, -0.15) is 0 Å². The molecule has 1 aliphatic heterocycles.